The summed E-state index contributed by atoms with van der Waals surface area (Å²) in [7, 11) is 1.55. The molecule has 1 heterocycles. The van der Waals surface area contributed by atoms with Crippen LogP contribution < -0.4 is 20.1 Å². The van der Waals surface area contributed by atoms with E-state index in [0.717, 1.165) is 18.2 Å². The topological polar surface area (TPSA) is 85.9 Å². The highest BCUT2D eigenvalue weighted by molar-refractivity contribution is 5.97. The van der Waals surface area contributed by atoms with Gasteiger partial charge in [-0.3, -0.25) is 9.59 Å². The van der Waals surface area contributed by atoms with Crippen LogP contribution in [-0.4, -0.2) is 44.7 Å². The number of hydrogen-bond acceptors (Lipinski definition) is 5. The Morgan fingerprint density at radius 3 is 2.50 bits per heavy atom. The van der Waals surface area contributed by atoms with Gasteiger partial charge in [0.2, 0.25) is 5.91 Å². The molecule has 32 heavy (non-hydrogen) atoms. The summed E-state index contributed by atoms with van der Waals surface area (Å²) in [5.41, 5.74) is -1.01. The first-order chi connectivity index (χ1) is 15.3. The van der Waals surface area contributed by atoms with Gasteiger partial charge in [0.25, 0.3) is 5.91 Å². The van der Waals surface area contributed by atoms with E-state index in [4.69, 9.17) is 14.2 Å². The molecule has 1 unspecified atom stereocenters. The van der Waals surface area contributed by atoms with Crippen LogP contribution in [0.5, 0.6) is 17.2 Å². The Hall–Kier alpha value is -3.27. The molecular weight excluding hydrogens is 429 g/mol. The Morgan fingerprint density at radius 2 is 1.84 bits per heavy atom. The zero-order valence-corrected chi connectivity index (χ0v) is 17.3. The number of piperidine rings is 1. The molecule has 10 heteroatoms. The molecule has 0 aromatic heterocycles. The van der Waals surface area contributed by atoms with E-state index in [1.54, 1.807) is 19.2 Å². The second-order valence-corrected chi connectivity index (χ2v) is 7.14. The molecule has 0 radical (unpaired) electrons. The summed E-state index contributed by atoms with van der Waals surface area (Å²) >= 11 is 0. The minimum atomic E-state index is -4.60. The molecule has 1 aliphatic heterocycles. The van der Waals surface area contributed by atoms with Crippen molar-refractivity contribution in [2.45, 2.75) is 25.1 Å². The average Bonchev–Trinajstić information content (AvgIpc) is 2.74. The number of methoxy groups -OCH3 is 1. The van der Waals surface area contributed by atoms with Gasteiger partial charge in [0, 0.05) is 26.1 Å². The zero-order valence-electron chi connectivity index (χ0n) is 17.3. The smallest absolute Gasteiger partial charge is 0.416 e. The lowest BCUT2D eigenvalue weighted by atomic mass is 10.0. The molecule has 0 spiro atoms. The third-order valence-corrected chi connectivity index (χ3v) is 4.74. The van der Waals surface area contributed by atoms with Crippen LogP contribution in [0.4, 0.5) is 13.2 Å². The van der Waals surface area contributed by atoms with Gasteiger partial charge in [-0.15, -0.1) is 0 Å². The first-order valence-corrected chi connectivity index (χ1v) is 9.94. The Bertz CT molecular complexity index is 948. The number of halogens is 3. The molecule has 1 saturated heterocycles. The lowest BCUT2D eigenvalue weighted by molar-refractivity contribution is -0.137. The standard InChI is InChI=1S/C22H23F3N2O5/c1-30-10-11-31-16-3-5-17(6-4-16)32-19-12-14(22(23,24)25)2-7-18(19)21(29)27-15-8-9-26-20(28)13-15/h2-7,12,15H,8-11,13H2,1H3,(H,26,28)(H,27,29). The maximum atomic E-state index is 13.2. The Labute approximate surface area is 182 Å². The van der Waals surface area contributed by atoms with Crippen LogP contribution in [0.2, 0.25) is 0 Å². The molecule has 172 valence electrons. The van der Waals surface area contributed by atoms with Gasteiger partial charge in [0.15, 0.2) is 0 Å². The maximum Gasteiger partial charge on any atom is 0.416 e. The number of ether oxygens (including phenoxy) is 3. The van der Waals surface area contributed by atoms with Gasteiger partial charge in [-0.1, -0.05) is 0 Å². The van der Waals surface area contributed by atoms with E-state index in [9.17, 15) is 22.8 Å². The van der Waals surface area contributed by atoms with Crippen molar-refractivity contribution in [1.82, 2.24) is 10.6 Å². The fraction of sp³-hybridized carbons (Fsp3) is 0.364. The summed E-state index contributed by atoms with van der Waals surface area (Å²) in [4.78, 5) is 24.3. The Kier molecular flexibility index (Phi) is 7.57. The van der Waals surface area contributed by atoms with Crippen LogP contribution in [0.15, 0.2) is 42.5 Å². The number of carbonyl (C=O) groups excluding carboxylic acids is 2. The van der Waals surface area contributed by atoms with Crippen LogP contribution in [0.1, 0.15) is 28.8 Å². The summed E-state index contributed by atoms with van der Waals surface area (Å²) in [6.45, 7) is 1.16. The van der Waals surface area contributed by atoms with Crippen molar-refractivity contribution in [1.29, 1.82) is 0 Å². The number of benzene rings is 2. The highest BCUT2D eigenvalue weighted by Gasteiger charge is 2.32. The fourth-order valence-corrected chi connectivity index (χ4v) is 3.11. The molecule has 0 aliphatic carbocycles. The fourth-order valence-electron chi connectivity index (χ4n) is 3.11. The minimum Gasteiger partial charge on any atom is -0.491 e. The van der Waals surface area contributed by atoms with Gasteiger partial charge in [-0.25, -0.2) is 0 Å². The molecule has 0 bridgehead atoms. The van der Waals surface area contributed by atoms with Crippen molar-refractivity contribution in [3.63, 3.8) is 0 Å². The average molecular weight is 452 g/mol. The van der Waals surface area contributed by atoms with E-state index < -0.39 is 23.7 Å². The molecule has 1 aliphatic rings. The first kappa shape index (κ1) is 23.4. The molecule has 1 fully saturated rings. The Morgan fingerprint density at radius 1 is 1.12 bits per heavy atom. The second kappa shape index (κ2) is 10.4. The molecule has 2 aromatic rings. The van der Waals surface area contributed by atoms with E-state index in [1.807, 2.05) is 0 Å². The van der Waals surface area contributed by atoms with E-state index in [-0.39, 0.29) is 29.4 Å². The highest BCUT2D eigenvalue weighted by atomic mass is 19.4. The molecule has 2 amide bonds. The van der Waals surface area contributed by atoms with Gasteiger partial charge >= 0.3 is 6.18 Å². The van der Waals surface area contributed by atoms with Crippen molar-refractivity contribution >= 4 is 11.8 Å². The predicted molar refractivity (Wildman–Crippen MR) is 109 cm³/mol. The van der Waals surface area contributed by atoms with Crippen molar-refractivity contribution in [2.24, 2.45) is 0 Å². The summed E-state index contributed by atoms with van der Waals surface area (Å²) in [5.74, 6) is -0.293. The van der Waals surface area contributed by atoms with E-state index in [1.165, 1.54) is 12.1 Å². The van der Waals surface area contributed by atoms with Gasteiger partial charge in [0.1, 0.15) is 23.9 Å². The normalized spacial score (nSPS) is 16.2. The van der Waals surface area contributed by atoms with Crippen LogP contribution in [0.25, 0.3) is 0 Å². The van der Waals surface area contributed by atoms with Gasteiger partial charge < -0.3 is 24.8 Å². The number of rotatable bonds is 8. The molecule has 2 N–H and O–H groups in total. The van der Waals surface area contributed by atoms with E-state index in [0.29, 0.717) is 31.9 Å². The van der Waals surface area contributed by atoms with E-state index in [2.05, 4.69) is 10.6 Å². The third kappa shape index (κ3) is 6.36. The Balaban J connectivity index is 1.80. The number of amides is 2. The summed E-state index contributed by atoms with van der Waals surface area (Å²) in [5, 5.41) is 5.35. The lowest BCUT2D eigenvalue weighted by Crippen LogP contribution is -2.45. The van der Waals surface area contributed by atoms with Crippen molar-refractivity contribution < 1.29 is 37.0 Å². The molecule has 3 rings (SSSR count). The highest BCUT2D eigenvalue weighted by Crippen LogP contribution is 2.35. The molecule has 7 nitrogen and oxygen atoms in total. The summed E-state index contributed by atoms with van der Waals surface area (Å²) in [6.07, 6.45) is -3.97. The molecule has 1 atom stereocenters. The van der Waals surface area contributed by atoms with Crippen LogP contribution in [0.3, 0.4) is 0 Å². The van der Waals surface area contributed by atoms with Crippen LogP contribution in [-0.2, 0) is 15.7 Å². The van der Waals surface area contributed by atoms with Crippen molar-refractivity contribution in [3.8, 4) is 17.2 Å². The monoisotopic (exact) mass is 452 g/mol. The SMILES string of the molecule is COCCOc1ccc(Oc2cc(C(F)(F)F)ccc2C(=O)NC2CCNC(=O)C2)cc1. The molecular formula is C22H23F3N2O5. The zero-order chi connectivity index (χ0) is 23.1. The molecule has 2 aromatic carbocycles. The largest absolute Gasteiger partial charge is 0.491 e. The number of carbonyl (C=O) groups is 2. The van der Waals surface area contributed by atoms with Crippen LogP contribution >= 0.6 is 0 Å². The maximum absolute atomic E-state index is 13.2. The number of alkyl halides is 3. The first-order valence-electron chi connectivity index (χ1n) is 9.94. The third-order valence-electron chi connectivity index (χ3n) is 4.74. The summed E-state index contributed by atoms with van der Waals surface area (Å²) < 4.78 is 55.7. The van der Waals surface area contributed by atoms with Gasteiger partial charge in [-0.05, 0) is 48.9 Å². The van der Waals surface area contributed by atoms with Crippen LogP contribution in [0, 0.1) is 0 Å². The lowest BCUT2D eigenvalue weighted by Gasteiger charge is -2.23. The predicted octanol–water partition coefficient (Wildman–Crippen LogP) is 3.53. The minimum absolute atomic E-state index is 0.0654. The van der Waals surface area contributed by atoms with Gasteiger partial charge in [0.05, 0.1) is 17.7 Å². The van der Waals surface area contributed by atoms with Gasteiger partial charge in [-0.2, -0.15) is 13.2 Å². The van der Waals surface area contributed by atoms with E-state index >= 15 is 0 Å². The van der Waals surface area contributed by atoms with Crippen molar-refractivity contribution in [3.05, 3.63) is 53.6 Å². The number of nitrogens with one attached hydrogen (secondary N) is 2. The quantitative estimate of drug-likeness (QED) is 0.599. The molecule has 0 saturated carbocycles. The second-order valence-electron chi connectivity index (χ2n) is 7.14. The number of hydrogen-bond donors (Lipinski definition) is 2. The summed E-state index contributed by atoms with van der Waals surface area (Å²) in [6, 6.07) is 8.50. The van der Waals surface area contributed by atoms with Crippen molar-refractivity contribution in [2.75, 3.05) is 26.9 Å².